The van der Waals surface area contributed by atoms with Gasteiger partial charge in [0.05, 0.1) is 12.6 Å². The van der Waals surface area contributed by atoms with E-state index in [0.29, 0.717) is 33.8 Å². The zero-order valence-corrected chi connectivity index (χ0v) is 16.6. The van der Waals surface area contributed by atoms with Crippen LogP contribution in [0.2, 0.25) is 5.02 Å². The Morgan fingerprint density at radius 2 is 1.89 bits per heavy atom. The van der Waals surface area contributed by atoms with Crippen LogP contribution in [0.3, 0.4) is 0 Å². The van der Waals surface area contributed by atoms with Crippen molar-refractivity contribution in [2.24, 2.45) is 5.92 Å². The van der Waals surface area contributed by atoms with Crippen LogP contribution in [-0.4, -0.2) is 28.6 Å². The summed E-state index contributed by atoms with van der Waals surface area (Å²) in [7, 11) is 0. The molecular weight excluding hydrogens is 376 g/mol. The van der Waals surface area contributed by atoms with Crippen LogP contribution >= 0.6 is 11.6 Å². The van der Waals surface area contributed by atoms with Crippen molar-refractivity contribution in [2.75, 3.05) is 6.61 Å². The Morgan fingerprint density at radius 1 is 1.18 bits per heavy atom. The summed E-state index contributed by atoms with van der Waals surface area (Å²) in [6.45, 7) is 3.83. The summed E-state index contributed by atoms with van der Waals surface area (Å²) >= 11 is 6.19. The minimum atomic E-state index is -0.512. The summed E-state index contributed by atoms with van der Waals surface area (Å²) in [5, 5.41) is 13.6. The van der Waals surface area contributed by atoms with Crippen molar-refractivity contribution in [3.05, 3.63) is 69.5 Å². The van der Waals surface area contributed by atoms with Crippen molar-refractivity contribution >= 4 is 28.4 Å². The first kappa shape index (κ1) is 20.1. The molecule has 1 heterocycles. The Kier molecular flexibility index (Phi) is 6.17. The second kappa shape index (κ2) is 8.59. The average Bonchev–Trinajstić information content (AvgIpc) is 2.67. The number of pyridine rings is 1. The fourth-order valence-corrected chi connectivity index (χ4v) is 3.56. The van der Waals surface area contributed by atoms with E-state index >= 15 is 0 Å². The SMILES string of the molecule is CC(C)C[C@@H](CO)NC(=O)c1c(-c2ccccc2)c2cc(Cl)ccc2[nH]c1=O. The molecule has 3 aromatic rings. The van der Waals surface area contributed by atoms with Crippen LogP contribution in [0.25, 0.3) is 22.0 Å². The van der Waals surface area contributed by atoms with E-state index in [9.17, 15) is 14.7 Å². The zero-order chi connectivity index (χ0) is 20.3. The molecule has 6 heteroatoms. The molecule has 0 aliphatic heterocycles. The molecule has 0 radical (unpaired) electrons. The molecule has 0 unspecified atom stereocenters. The van der Waals surface area contributed by atoms with Crippen molar-refractivity contribution in [3.8, 4) is 11.1 Å². The lowest BCUT2D eigenvalue weighted by Gasteiger charge is -2.19. The number of aromatic amines is 1. The van der Waals surface area contributed by atoms with Gasteiger partial charge in [-0.15, -0.1) is 0 Å². The fraction of sp³-hybridized carbons (Fsp3) is 0.273. The summed E-state index contributed by atoms with van der Waals surface area (Å²) in [6.07, 6.45) is 0.611. The maximum atomic E-state index is 13.1. The van der Waals surface area contributed by atoms with E-state index in [1.54, 1.807) is 18.2 Å². The van der Waals surface area contributed by atoms with Crippen molar-refractivity contribution in [3.63, 3.8) is 0 Å². The summed E-state index contributed by atoms with van der Waals surface area (Å²) in [4.78, 5) is 28.7. The highest BCUT2D eigenvalue weighted by atomic mass is 35.5. The summed E-state index contributed by atoms with van der Waals surface area (Å²) in [5.74, 6) is -0.221. The summed E-state index contributed by atoms with van der Waals surface area (Å²) < 4.78 is 0. The Labute approximate surface area is 168 Å². The Bertz CT molecular complexity index is 1040. The molecule has 1 aromatic heterocycles. The smallest absolute Gasteiger partial charge is 0.261 e. The number of carbonyl (C=O) groups is 1. The molecule has 0 saturated heterocycles. The number of nitrogens with one attached hydrogen (secondary N) is 2. The molecule has 0 fully saturated rings. The molecule has 28 heavy (non-hydrogen) atoms. The second-order valence-corrected chi connectivity index (χ2v) is 7.68. The standard InChI is InChI=1S/C22H23ClN2O3/c1-13(2)10-16(12-26)24-21(27)20-19(14-6-4-3-5-7-14)17-11-15(23)8-9-18(17)25-22(20)28/h3-9,11,13,16,26H,10,12H2,1-2H3,(H,24,27)(H,25,28)/t16-/m0/s1. The van der Waals surface area contributed by atoms with Gasteiger partial charge in [0, 0.05) is 21.5 Å². The van der Waals surface area contributed by atoms with Gasteiger partial charge >= 0.3 is 0 Å². The molecule has 3 rings (SSSR count). The van der Waals surface area contributed by atoms with Gasteiger partial charge in [0.25, 0.3) is 11.5 Å². The Balaban J connectivity index is 2.20. The van der Waals surface area contributed by atoms with Crippen LogP contribution in [0.5, 0.6) is 0 Å². The van der Waals surface area contributed by atoms with Gasteiger partial charge in [-0.2, -0.15) is 0 Å². The van der Waals surface area contributed by atoms with Crippen molar-refractivity contribution in [1.82, 2.24) is 10.3 Å². The number of rotatable bonds is 6. The fourth-order valence-electron chi connectivity index (χ4n) is 3.39. The average molecular weight is 399 g/mol. The van der Waals surface area contributed by atoms with E-state index in [4.69, 9.17) is 11.6 Å². The number of aliphatic hydroxyl groups excluding tert-OH is 1. The molecule has 0 aliphatic rings. The Morgan fingerprint density at radius 3 is 2.54 bits per heavy atom. The van der Waals surface area contributed by atoms with Crippen LogP contribution in [0, 0.1) is 5.92 Å². The molecule has 1 amide bonds. The van der Waals surface area contributed by atoms with Gasteiger partial charge in [0.1, 0.15) is 5.56 Å². The van der Waals surface area contributed by atoms with Crippen molar-refractivity contribution < 1.29 is 9.90 Å². The number of amides is 1. The number of hydrogen-bond acceptors (Lipinski definition) is 3. The first-order chi connectivity index (χ1) is 13.4. The van der Waals surface area contributed by atoms with Crippen molar-refractivity contribution in [1.29, 1.82) is 0 Å². The maximum Gasteiger partial charge on any atom is 0.261 e. The minimum Gasteiger partial charge on any atom is -0.394 e. The highest BCUT2D eigenvalue weighted by molar-refractivity contribution is 6.31. The molecule has 0 aliphatic carbocycles. The quantitative estimate of drug-likeness (QED) is 0.587. The molecule has 0 spiro atoms. The third-order valence-corrected chi connectivity index (χ3v) is 4.81. The van der Waals surface area contributed by atoms with E-state index in [-0.39, 0.29) is 12.2 Å². The van der Waals surface area contributed by atoms with E-state index in [1.165, 1.54) is 0 Å². The molecule has 3 N–H and O–H groups in total. The summed E-state index contributed by atoms with van der Waals surface area (Å²) in [5.41, 5.74) is 1.41. The number of fused-ring (bicyclic) bond motifs is 1. The number of H-pyrrole nitrogens is 1. The maximum absolute atomic E-state index is 13.1. The predicted octanol–water partition coefficient (Wildman–Crippen LogP) is 3.99. The molecule has 0 bridgehead atoms. The Hall–Kier alpha value is -2.63. The first-order valence-corrected chi connectivity index (χ1v) is 9.61. The summed E-state index contributed by atoms with van der Waals surface area (Å²) in [6, 6.07) is 14.0. The van der Waals surface area contributed by atoms with Gasteiger partial charge in [-0.25, -0.2) is 0 Å². The highest BCUT2D eigenvalue weighted by Crippen LogP contribution is 2.31. The number of halogens is 1. The number of benzene rings is 2. The molecule has 2 aromatic carbocycles. The zero-order valence-electron chi connectivity index (χ0n) is 15.8. The topological polar surface area (TPSA) is 82.2 Å². The van der Waals surface area contributed by atoms with Crippen LogP contribution in [0.15, 0.2) is 53.3 Å². The monoisotopic (exact) mass is 398 g/mol. The van der Waals surface area contributed by atoms with Gasteiger partial charge in [0.2, 0.25) is 0 Å². The predicted molar refractivity (Wildman–Crippen MR) is 113 cm³/mol. The molecule has 0 saturated carbocycles. The number of aliphatic hydroxyl groups is 1. The van der Waals surface area contributed by atoms with Crippen molar-refractivity contribution in [2.45, 2.75) is 26.3 Å². The van der Waals surface area contributed by atoms with Gasteiger partial charge < -0.3 is 15.4 Å². The van der Waals surface area contributed by atoms with E-state index < -0.39 is 17.5 Å². The van der Waals surface area contributed by atoms with Gasteiger partial charge in [-0.1, -0.05) is 55.8 Å². The van der Waals surface area contributed by atoms with Crippen LogP contribution in [-0.2, 0) is 0 Å². The van der Waals surface area contributed by atoms with Gasteiger partial charge in [0.15, 0.2) is 0 Å². The van der Waals surface area contributed by atoms with E-state index in [1.807, 2.05) is 44.2 Å². The van der Waals surface area contributed by atoms with Crippen LogP contribution in [0.1, 0.15) is 30.6 Å². The molecule has 146 valence electrons. The first-order valence-electron chi connectivity index (χ1n) is 9.23. The second-order valence-electron chi connectivity index (χ2n) is 7.24. The molecule has 1 atom stereocenters. The van der Waals surface area contributed by atoms with Gasteiger partial charge in [-0.3, -0.25) is 9.59 Å². The highest BCUT2D eigenvalue weighted by Gasteiger charge is 2.23. The third kappa shape index (κ3) is 4.26. The third-order valence-electron chi connectivity index (χ3n) is 4.58. The lowest BCUT2D eigenvalue weighted by atomic mass is 9.95. The largest absolute Gasteiger partial charge is 0.394 e. The van der Waals surface area contributed by atoms with Crippen LogP contribution in [0.4, 0.5) is 0 Å². The van der Waals surface area contributed by atoms with Gasteiger partial charge in [-0.05, 0) is 36.1 Å². The number of hydrogen-bond donors (Lipinski definition) is 3. The normalized spacial score (nSPS) is 12.3. The number of carbonyl (C=O) groups excluding carboxylic acids is 1. The number of aromatic nitrogens is 1. The van der Waals surface area contributed by atoms with E-state index in [0.717, 1.165) is 5.56 Å². The lowest BCUT2D eigenvalue weighted by Crippen LogP contribution is -2.41. The van der Waals surface area contributed by atoms with E-state index in [2.05, 4.69) is 10.3 Å². The molecule has 5 nitrogen and oxygen atoms in total. The lowest BCUT2D eigenvalue weighted by molar-refractivity contribution is 0.0907. The minimum absolute atomic E-state index is 0.0168. The molecular formula is C22H23ClN2O3. The van der Waals surface area contributed by atoms with Crippen LogP contribution < -0.4 is 10.9 Å².